The number of hydrogen-bond acceptors (Lipinski definition) is 4. The Kier molecular flexibility index (Phi) is 5.76. The van der Waals surface area contributed by atoms with Gasteiger partial charge in [-0.1, -0.05) is 12.1 Å². The van der Waals surface area contributed by atoms with Gasteiger partial charge in [0.15, 0.2) is 5.11 Å². The Morgan fingerprint density at radius 2 is 1.83 bits per heavy atom. The quantitative estimate of drug-likeness (QED) is 0.390. The molecule has 0 aromatic heterocycles. The molecule has 0 bridgehead atoms. The average molecular weight is 331 g/mol. The topological polar surface area (TPSA) is 62.7 Å². The van der Waals surface area contributed by atoms with Gasteiger partial charge in [0.1, 0.15) is 5.82 Å². The van der Waals surface area contributed by atoms with Gasteiger partial charge in [-0.15, -0.1) is 0 Å². The van der Waals surface area contributed by atoms with Crippen LogP contribution in [0.2, 0.25) is 0 Å². The van der Waals surface area contributed by atoms with E-state index in [0.717, 1.165) is 5.56 Å². The second kappa shape index (κ2) is 8.00. The number of nitrogens with one attached hydrogen (secondary N) is 2. The standard InChI is InChI=1S/C16H14FN3O2S/c1-22-15(21)12-4-2-11(3-5-12)10-18-20-16(23)19-14-8-6-13(17)7-9-14/h2-10H,1H3,(H2,19,20,23). The summed E-state index contributed by atoms with van der Waals surface area (Å²) in [5, 5.41) is 7.12. The number of anilines is 1. The maximum atomic E-state index is 12.8. The highest BCUT2D eigenvalue weighted by atomic mass is 32.1. The third kappa shape index (κ3) is 5.15. The molecule has 23 heavy (non-hydrogen) atoms. The van der Waals surface area contributed by atoms with E-state index in [1.807, 2.05) is 0 Å². The number of nitrogens with zero attached hydrogens (tertiary/aromatic N) is 1. The lowest BCUT2D eigenvalue weighted by atomic mass is 10.1. The van der Waals surface area contributed by atoms with E-state index in [9.17, 15) is 9.18 Å². The molecule has 0 aliphatic carbocycles. The van der Waals surface area contributed by atoms with Gasteiger partial charge in [-0.2, -0.15) is 5.10 Å². The molecule has 2 aromatic rings. The number of hydrazone groups is 1. The summed E-state index contributed by atoms with van der Waals surface area (Å²) in [5.74, 6) is -0.709. The normalized spacial score (nSPS) is 10.3. The molecule has 0 saturated carbocycles. The highest BCUT2D eigenvalue weighted by Gasteiger charge is 2.03. The van der Waals surface area contributed by atoms with Crippen LogP contribution in [0.5, 0.6) is 0 Å². The fraction of sp³-hybridized carbons (Fsp3) is 0.0625. The lowest BCUT2D eigenvalue weighted by Gasteiger charge is -2.06. The Morgan fingerprint density at radius 3 is 2.43 bits per heavy atom. The molecule has 0 fully saturated rings. The smallest absolute Gasteiger partial charge is 0.337 e. The summed E-state index contributed by atoms with van der Waals surface area (Å²) in [6, 6.07) is 12.5. The van der Waals surface area contributed by atoms with E-state index in [2.05, 4.69) is 20.6 Å². The van der Waals surface area contributed by atoms with Crippen LogP contribution in [0.25, 0.3) is 0 Å². The van der Waals surface area contributed by atoms with Crippen molar-refractivity contribution in [2.45, 2.75) is 0 Å². The third-order valence-corrected chi connectivity index (χ3v) is 3.01. The van der Waals surface area contributed by atoms with Gasteiger partial charge in [-0.05, 0) is 54.2 Å². The van der Waals surface area contributed by atoms with E-state index in [-0.39, 0.29) is 10.9 Å². The van der Waals surface area contributed by atoms with Crippen molar-refractivity contribution in [2.75, 3.05) is 12.4 Å². The van der Waals surface area contributed by atoms with Crippen LogP contribution in [0.15, 0.2) is 53.6 Å². The van der Waals surface area contributed by atoms with Gasteiger partial charge in [0.25, 0.3) is 0 Å². The summed E-state index contributed by atoms with van der Waals surface area (Å²) in [4.78, 5) is 11.3. The number of carbonyl (C=O) groups excluding carboxylic acids is 1. The van der Waals surface area contributed by atoms with Gasteiger partial charge >= 0.3 is 5.97 Å². The number of carbonyl (C=O) groups is 1. The molecule has 0 aliphatic rings. The van der Waals surface area contributed by atoms with Crippen molar-refractivity contribution in [1.82, 2.24) is 5.43 Å². The minimum absolute atomic E-state index is 0.277. The van der Waals surface area contributed by atoms with Crippen LogP contribution in [0.1, 0.15) is 15.9 Å². The first kappa shape index (κ1) is 16.6. The Hall–Kier alpha value is -2.80. The summed E-state index contributed by atoms with van der Waals surface area (Å²) in [6.45, 7) is 0. The fourth-order valence-electron chi connectivity index (χ4n) is 1.68. The van der Waals surface area contributed by atoms with Crippen LogP contribution in [0.4, 0.5) is 10.1 Å². The second-order valence-corrected chi connectivity index (χ2v) is 4.85. The molecule has 0 spiro atoms. The molecule has 0 unspecified atom stereocenters. The van der Waals surface area contributed by atoms with Crippen molar-refractivity contribution in [3.8, 4) is 0 Å². The van der Waals surface area contributed by atoms with E-state index >= 15 is 0 Å². The third-order valence-electron chi connectivity index (χ3n) is 2.81. The van der Waals surface area contributed by atoms with E-state index < -0.39 is 5.97 Å². The molecular formula is C16H14FN3O2S. The Morgan fingerprint density at radius 1 is 1.17 bits per heavy atom. The highest BCUT2D eigenvalue weighted by Crippen LogP contribution is 2.08. The first-order valence-corrected chi connectivity index (χ1v) is 7.03. The lowest BCUT2D eigenvalue weighted by molar-refractivity contribution is 0.0600. The van der Waals surface area contributed by atoms with Crippen molar-refractivity contribution in [3.05, 3.63) is 65.5 Å². The molecule has 0 aliphatic heterocycles. The molecule has 2 rings (SSSR count). The second-order valence-electron chi connectivity index (χ2n) is 4.44. The maximum Gasteiger partial charge on any atom is 0.337 e. The molecule has 0 amide bonds. The summed E-state index contributed by atoms with van der Waals surface area (Å²) >= 11 is 5.06. The minimum atomic E-state index is -0.392. The van der Waals surface area contributed by atoms with Crippen molar-refractivity contribution in [2.24, 2.45) is 5.10 Å². The van der Waals surface area contributed by atoms with Crippen LogP contribution < -0.4 is 10.7 Å². The van der Waals surface area contributed by atoms with Gasteiger partial charge in [0, 0.05) is 5.69 Å². The number of ether oxygens (including phenoxy) is 1. The zero-order chi connectivity index (χ0) is 16.7. The highest BCUT2D eigenvalue weighted by molar-refractivity contribution is 7.80. The summed E-state index contributed by atoms with van der Waals surface area (Å²) in [7, 11) is 1.33. The number of methoxy groups -OCH3 is 1. The van der Waals surface area contributed by atoms with Crippen LogP contribution in [-0.2, 0) is 4.74 Å². The van der Waals surface area contributed by atoms with Crippen LogP contribution in [0.3, 0.4) is 0 Å². The van der Waals surface area contributed by atoms with Crippen molar-refractivity contribution >= 4 is 35.2 Å². The molecule has 2 N–H and O–H groups in total. The first-order chi connectivity index (χ1) is 11.1. The number of esters is 1. The molecule has 7 heteroatoms. The predicted molar refractivity (Wildman–Crippen MR) is 91.1 cm³/mol. The predicted octanol–water partition coefficient (Wildman–Crippen LogP) is 2.93. The minimum Gasteiger partial charge on any atom is -0.465 e. The monoisotopic (exact) mass is 331 g/mol. The molecule has 0 heterocycles. The Bertz CT molecular complexity index is 715. The van der Waals surface area contributed by atoms with E-state index in [1.54, 1.807) is 42.6 Å². The number of rotatable bonds is 4. The number of benzene rings is 2. The van der Waals surface area contributed by atoms with Gasteiger partial charge in [0.05, 0.1) is 18.9 Å². The van der Waals surface area contributed by atoms with E-state index in [1.165, 1.54) is 19.2 Å². The number of thiocarbonyl (C=S) groups is 1. The Labute approximate surface area is 138 Å². The Balaban J connectivity index is 1.87. The number of hydrogen-bond donors (Lipinski definition) is 2. The molecule has 118 valence electrons. The largest absolute Gasteiger partial charge is 0.465 e. The van der Waals surface area contributed by atoms with Crippen molar-refractivity contribution in [1.29, 1.82) is 0 Å². The zero-order valence-electron chi connectivity index (χ0n) is 12.2. The van der Waals surface area contributed by atoms with Crippen molar-refractivity contribution in [3.63, 3.8) is 0 Å². The first-order valence-electron chi connectivity index (χ1n) is 6.62. The molecule has 0 saturated heterocycles. The lowest BCUT2D eigenvalue weighted by Crippen LogP contribution is -2.23. The molecular weight excluding hydrogens is 317 g/mol. The van der Waals surface area contributed by atoms with E-state index in [0.29, 0.717) is 11.3 Å². The van der Waals surface area contributed by atoms with E-state index in [4.69, 9.17) is 12.2 Å². The van der Waals surface area contributed by atoms with Gasteiger partial charge in [-0.3, -0.25) is 5.43 Å². The van der Waals surface area contributed by atoms with Gasteiger partial charge < -0.3 is 10.1 Å². The van der Waals surface area contributed by atoms with Gasteiger partial charge in [-0.25, -0.2) is 9.18 Å². The summed E-state index contributed by atoms with van der Waals surface area (Å²) < 4.78 is 17.4. The fourth-order valence-corrected chi connectivity index (χ4v) is 1.85. The zero-order valence-corrected chi connectivity index (χ0v) is 13.1. The SMILES string of the molecule is COC(=O)c1ccc(C=NNC(=S)Nc2ccc(F)cc2)cc1. The average Bonchev–Trinajstić information content (AvgIpc) is 2.57. The molecule has 5 nitrogen and oxygen atoms in total. The van der Waals surface area contributed by atoms with Crippen LogP contribution in [0, 0.1) is 5.82 Å². The maximum absolute atomic E-state index is 12.8. The number of halogens is 1. The van der Waals surface area contributed by atoms with Crippen LogP contribution >= 0.6 is 12.2 Å². The molecule has 2 aromatic carbocycles. The molecule has 0 atom stereocenters. The summed E-state index contributed by atoms with van der Waals surface area (Å²) in [6.07, 6.45) is 1.56. The van der Waals surface area contributed by atoms with Gasteiger partial charge in [0.2, 0.25) is 0 Å². The summed E-state index contributed by atoms with van der Waals surface area (Å²) in [5.41, 5.74) is 4.55. The van der Waals surface area contributed by atoms with Crippen molar-refractivity contribution < 1.29 is 13.9 Å². The molecule has 0 radical (unpaired) electrons. The van der Waals surface area contributed by atoms with Crippen LogP contribution in [-0.4, -0.2) is 24.4 Å².